The fourth-order valence-electron chi connectivity index (χ4n) is 3.34. The molecule has 0 radical (unpaired) electrons. The Morgan fingerprint density at radius 3 is 2.65 bits per heavy atom. The van der Waals surface area contributed by atoms with E-state index in [1.807, 2.05) is 43.3 Å². The Labute approximate surface area is 152 Å². The Hall–Kier alpha value is -3.14. The molecule has 0 fully saturated rings. The molecule has 0 saturated heterocycles. The zero-order chi connectivity index (χ0) is 17.9. The van der Waals surface area contributed by atoms with Crippen LogP contribution in [0, 0.1) is 6.92 Å². The molecule has 0 aliphatic carbocycles. The Morgan fingerprint density at radius 1 is 1.00 bits per heavy atom. The Kier molecular flexibility index (Phi) is 4.40. The molecule has 0 aliphatic heterocycles. The van der Waals surface area contributed by atoms with Crippen LogP contribution in [0.25, 0.3) is 21.8 Å². The minimum atomic E-state index is 0.0234. The molecule has 4 rings (SSSR count). The Balaban J connectivity index is 1.38. The monoisotopic (exact) mass is 343 g/mol. The zero-order valence-corrected chi connectivity index (χ0v) is 14.8. The molecule has 2 aromatic heterocycles. The van der Waals surface area contributed by atoms with E-state index in [4.69, 9.17) is 0 Å². The van der Waals surface area contributed by atoms with Crippen LogP contribution in [-0.2, 0) is 17.8 Å². The van der Waals surface area contributed by atoms with Gasteiger partial charge in [-0.05, 0) is 36.6 Å². The predicted octanol–water partition coefficient (Wildman–Crippen LogP) is 3.86. The van der Waals surface area contributed by atoms with Crippen LogP contribution >= 0.6 is 0 Å². The van der Waals surface area contributed by atoms with Crippen molar-refractivity contribution in [2.24, 2.45) is 0 Å². The van der Waals surface area contributed by atoms with E-state index in [9.17, 15) is 4.79 Å². The van der Waals surface area contributed by atoms with Crippen molar-refractivity contribution in [3.63, 3.8) is 0 Å². The summed E-state index contributed by atoms with van der Waals surface area (Å²) >= 11 is 0. The quantitative estimate of drug-likeness (QED) is 0.598. The number of para-hydroxylation sites is 2. The largest absolute Gasteiger partial charge is 0.354 e. The van der Waals surface area contributed by atoms with Crippen molar-refractivity contribution in [2.45, 2.75) is 19.9 Å². The highest BCUT2D eigenvalue weighted by molar-refractivity contribution is 5.84. The lowest BCUT2D eigenvalue weighted by Gasteiger charge is -2.09. The first-order valence-corrected chi connectivity index (χ1v) is 8.87. The van der Waals surface area contributed by atoms with E-state index in [2.05, 4.69) is 45.2 Å². The summed E-state index contributed by atoms with van der Waals surface area (Å²) in [7, 11) is 0. The first-order chi connectivity index (χ1) is 12.7. The molecule has 0 atom stereocenters. The van der Waals surface area contributed by atoms with E-state index in [0.717, 1.165) is 39.6 Å². The minimum Gasteiger partial charge on any atom is -0.354 e. The van der Waals surface area contributed by atoms with Gasteiger partial charge in [0, 0.05) is 35.3 Å². The fraction of sp³-hybridized carbons (Fsp3) is 0.182. The van der Waals surface area contributed by atoms with Gasteiger partial charge in [-0.25, -0.2) is 0 Å². The molecule has 4 heteroatoms. The maximum atomic E-state index is 12.4. The smallest absolute Gasteiger partial charge is 0.239 e. The molecule has 0 spiro atoms. The molecule has 0 bridgehead atoms. The number of rotatable bonds is 5. The lowest BCUT2D eigenvalue weighted by molar-refractivity contribution is -0.121. The van der Waals surface area contributed by atoms with E-state index in [1.165, 1.54) is 0 Å². The molecule has 26 heavy (non-hydrogen) atoms. The molecule has 4 aromatic rings. The van der Waals surface area contributed by atoms with Crippen molar-refractivity contribution in [3.05, 3.63) is 78.1 Å². The molecular formula is C22H21N3O. The van der Waals surface area contributed by atoms with E-state index < -0.39 is 0 Å². The first-order valence-electron chi connectivity index (χ1n) is 8.87. The third-order valence-electron chi connectivity index (χ3n) is 4.68. The molecule has 130 valence electrons. The van der Waals surface area contributed by atoms with Crippen LogP contribution in [0.1, 0.15) is 11.4 Å². The lowest BCUT2D eigenvalue weighted by atomic mass is 10.2. The Morgan fingerprint density at radius 2 is 1.77 bits per heavy atom. The molecule has 1 amide bonds. The second kappa shape index (κ2) is 7.00. The normalized spacial score (nSPS) is 11.1. The average Bonchev–Trinajstić information content (AvgIpc) is 2.97. The third-order valence-corrected chi connectivity index (χ3v) is 4.68. The average molecular weight is 343 g/mol. The van der Waals surface area contributed by atoms with E-state index in [1.54, 1.807) is 0 Å². The SMILES string of the molecule is Cc1cc2ccccc2n1CC(=O)NCCc1ccc2ccccc2n1. The molecule has 2 aromatic carbocycles. The highest BCUT2D eigenvalue weighted by Crippen LogP contribution is 2.18. The molecule has 0 saturated carbocycles. The standard InChI is InChI=1S/C22H21N3O/c1-16-14-18-7-3-5-9-21(18)25(16)15-22(26)23-13-12-19-11-10-17-6-2-4-8-20(17)24-19/h2-11,14H,12-13,15H2,1H3,(H,23,26). The second-order valence-corrected chi connectivity index (χ2v) is 6.53. The second-order valence-electron chi connectivity index (χ2n) is 6.53. The summed E-state index contributed by atoms with van der Waals surface area (Å²) in [4.78, 5) is 17.0. The van der Waals surface area contributed by atoms with Crippen LogP contribution in [0.15, 0.2) is 66.7 Å². The van der Waals surface area contributed by atoms with Gasteiger partial charge in [0.2, 0.25) is 5.91 Å². The number of amides is 1. The van der Waals surface area contributed by atoms with Gasteiger partial charge < -0.3 is 9.88 Å². The summed E-state index contributed by atoms with van der Waals surface area (Å²) in [6.45, 7) is 2.96. The molecule has 1 N–H and O–H groups in total. The van der Waals surface area contributed by atoms with Crippen molar-refractivity contribution in [1.82, 2.24) is 14.9 Å². The number of fused-ring (bicyclic) bond motifs is 2. The third kappa shape index (κ3) is 3.31. The number of benzene rings is 2. The summed E-state index contributed by atoms with van der Waals surface area (Å²) in [5.74, 6) is 0.0234. The topological polar surface area (TPSA) is 46.9 Å². The van der Waals surface area contributed by atoms with E-state index in [0.29, 0.717) is 13.1 Å². The summed E-state index contributed by atoms with van der Waals surface area (Å²) < 4.78 is 2.05. The van der Waals surface area contributed by atoms with Crippen molar-refractivity contribution in [1.29, 1.82) is 0 Å². The number of nitrogens with zero attached hydrogens (tertiary/aromatic N) is 2. The van der Waals surface area contributed by atoms with Gasteiger partial charge in [0.15, 0.2) is 0 Å². The minimum absolute atomic E-state index is 0.0234. The highest BCUT2D eigenvalue weighted by atomic mass is 16.1. The summed E-state index contributed by atoms with van der Waals surface area (Å²) in [6, 6.07) is 22.4. The maximum Gasteiger partial charge on any atom is 0.239 e. The fourth-order valence-corrected chi connectivity index (χ4v) is 3.34. The van der Waals surface area contributed by atoms with Gasteiger partial charge in [0.05, 0.1) is 5.52 Å². The van der Waals surface area contributed by atoms with Gasteiger partial charge in [-0.3, -0.25) is 9.78 Å². The van der Waals surface area contributed by atoms with E-state index in [-0.39, 0.29) is 5.91 Å². The van der Waals surface area contributed by atoms with Crippen LogP contribution in [0.2, 0.25) is 0 Å². The number of carbonyl (C=O) groups excluding carboxylic acids is 1. The van der Waals surface area contributed by atoms with Gasteiger partial charge in [0.25, 0.3) is 0 Å². The highest BCUT2D eigenvalue weighted by Gasteiger charge is 2.09. The van der Waals surface area contributed by atoms with Crippen LogP contribution in [0.5, 0.6) is 0 Å². The van der Waals surface area contributed by atoms with Gasteiger partial charge >= 0.3 is 0 Å². The van der Waals surface area contributed by atoms with Crippen molar-refractivity contribution >= 4 is 27.7 Å². The molecule has 4 nitrogen and oxygen atoms in total. The number of nitrogens with one attached hydrogen (secondary N) is 1. The van der Waals surface area contributed by atoms with Crippen LogP contribution in [0.4, 0.5) is 0 Å². The molecular weight excluding hydrogens is 322 g/mol. The molecule has 2 heterocycles. The van der Waals surface area contributed by atoms with Crippen LogP contribution in [-0.4, -0.2) is 22.0 Å². The number of carbonyl (C=O) groups is 1. The zero-order valence-electron chi connectivity index (χ0n) is 14.8. The molecule has 0 unspecified atom stereocenters. The van der Waals surface area contributed by atoms with Crippen LogP contribution in [0.3, 0.4) is 0 Å². The summed E-state index contributed by atoms with van der Waals surface area (Å²) in [6.07, 6.45) is 0.724. The first kappa shape index (κ1) is 16.3. The number of hydrogen-bond donors (Lipinski definition) is 1. The molecule has 0 aliphatic rings. The number of hydrogen-bond acceptors (Lipinski definition) is 2. The Bertz CT molecular complexity index is 1080. The number of aromatic nitrogens is 2. The predicted molar refractivity (Wildman–Crippen MR) is 105 cm³/mol. The summed E-state index contributed by atoms with van der Waals surface area (Å²) in [5.41, 5.74) is 4.17. The van der Waals surface area contributed by atoms with Gasteiger partial charge in [-0.2, -0.15) is 0 Å². The van der Waals surface area contributed by atoms with E-state index >= 15 is 0 Å². The van der Waals surface area contributed by atoms with Crippen molar-refractivity contribution in [2.75, 3.05) is 6.54 Å². The summed E-state index contributed by atoms with van der Waals surface area (Å²) in [5, 5.41) is 5.31. The number of aryl methyl sites for hydroxylation is 1. The van der Waals surface area contributed by atoms with Crippen molar-refractivity contribution < 1.29 is 4.79 Å². The van der Waals surface area contributed by atoms with Crippen molar-refractivity contribution in [3.8, 4) is 0 Å². The van der Waals surface area contributed by atoms with Gasteiger partial charge in [-0.1, -0.05) is 42.5 Å². The van der Waals surface area contributed by atoms with Crippen LogP contribution < -0.4 is 5.32 Å². The lowest BCUT2D eigenvalue weighted by Crippen LogP contribution is -2.29. The van der Waals surface area contributed by atoms with Gasteiger partial charge in [-0.15, -0.1) is 0 Å². The van der Waals surface area contributed by atoms with Gasteiger partial charge in [0.1, 0.15) is 6.54 Å². The maximum absolute atomic E-state index is 12.4. The number of pyridine rings is 1.